The molecule has 0 spiro atoms. The largest absolute Gasteiger partial charge is 0.497 e. The van der Waals surface area contributed by atoms with Gasteiger partial charge in [-0.1, -0.05) is 30.3 Å². The van der Waals surface area contributed by atoms with Crippen molar-refractivity contribution >= 4 is 17.2 Å². The second kappa shape index (κ2) is 9.98. The Morgan fingerprint density at radius 3 is 2.16 bits per heavy atom. The van der Waals surface area contributed by atoms with Gasteiger partial charge in [-0.05, 0) is 66.2 Å². The molecule has 162 valence electrons. The van der Waals surface area contributed by atoms with Crippen LogP contribution in [0.1, 0.15) is 40.9 Å². The molecule has 3 aromatic rings. The van der Waals surface area contributed by atoms with Crippen LogP contribution in [0.25, 0.3) is 0 Å². The van der Waals surface area contributed by atoms with Gasteiger partial charge in [0.2, 0.25) is 5.91 Å². The van der Waals surface area contributed by atoms with Crippen LogP contribution in [-0.2, 0) is 4.79 Å². The van der Waals surface area contributed by atoms with Crippen molar-refractivity contribution in [3.63, 3.8) is 0 Å². The zero-order chi connectivity index (χ0) is 21.6. The Morgan fingerprint density at radius 1 is 1.03 bits per heavy atom. The molecule has 0 radical (unpaired) electrons. The summed E-state index contributed by atoms with van der Waals surface area (Å²) in [5.74, 6) is 1.61. The lowest BCUT2D eigenvalue weighted by molar-refractivity contribution is -0.123. The van der Waals surface area contributed by atoms with Crippen LogP contribution in [0.4, 0.5) is 0 Å². The SMILES string of the molecule is COc1ccc(C(NC(=O)CN2CCC[C@H]2c2cccs2)c2ccc(OC)cc2)cc1. The Morgan fingerprint density at radius 2 is 1.65 bits per heavy atom. The third-order valence-electron chi connectivity index (χ3n) is 5.79. The van der Waals surface area contributed by atoms with Crippen molar-refractivity contribution in [2.75, 3.05) is 27.3 Å². The lowest BCUT2D eigenvalue weighted by atomic mass is 9.98. The van der Waals surface area contributed by atoms with E-state index in [1.165, 1.54) is 4.88 Å². The highest BCUT2D eigenvalue weighted by Gasteiger charge is 2.29. The third-order valence-corrected chi connectivity index (χ3v) is 6.76. The van der Waals surface area contributed by atoms with Gasteiger partial charge in [0.25, 0.3) is 0 Å². The molecule has 1 aromatic heterocycles. The molecule has 0 aliphatic carbocycles. The summed E-state index contributed by atoms with van der Waals surface area (Å²) in [6.45, 7) is 1.34. The number of benzene rings is 2. The number of amides is 1. The van der Waals surface area contributed by atoms with Gasteiger partial charge in [0.05, 0.1) is 26.8 Å². The average Bonchev–Trinajstić information content (AvgIpc) is 3.50. The fraction of sp³-hybridized carbons (Fsp3) is 0.320. The van der Waals surface area contributed by atoms with Gasteiger partial charge in [-0.2, -0.15) is 0 Å². The summed E-state index contributed by atoms with van der Waals surface area (Å²) >= 11 is 1.77. The molecule has 1 N–H and O–H groups in total. The molecule has 2 aromatic carbocycles. The monoisotopic (exact) mass is 436 g/mol. The van der Waals surface area contributed by atoms with E-state index in [9.17, 15) is 4.79 Å². The molecule has 0 saturated carbocycles. The van der Waals surface area contributed by atoms with Crippen LogP contribution >= 0.6 is 11.3 Å². The molecule has 0 unspecified atom stereocenters. The second-order valence-electron chi connectivity index (χ2n) is 7.69. The van der Waals surface area contributed by atoms with Gasteiger partial charge in [-0.3, -0.25) is 9.69 Å². The van der Waals surface area contributed by atoms with Crippen molar-refractivity contribution < 1.29 is 14.3 Å². The maximum atomic E-state index is 13.1. The zero-order valence-corrected chi connectivity index (χ0v) is 18.7. The van der Waals surface area contributed by atoms with E-state index < -0.39 is 0 Å². The van der Waals surface area contributed by atoms with Gasteiger partial charge >= 0.3 is 0 Å². The summed E-state index contributed by atoms with van der Waals surface area (Å²) in [4.78, 5) is 16.8. The number of hydrogen-bond acceptors (Lipinski definition) is 5. The van der Waals surface area contributed by atoms with Crippen LogP contribution in [0.15, 0.2) is 66.0 Å². The first-order valence-corrected chi connectivity index (χ1v) is 11.4. The topological polar surface area (TPSA) is 50.8 Å². The molecule has 1 atom stereocenters. The normalized spacial score (nSPS) is 16.4. The lowest BCUT2D eigenvalue weighted by Gasteiger charge is -2.25. The summed E-state index contributed by atoms with van der Waals surface area (Å²) in [5.41, 5.74) is 2.02. The van der Waals surface area contributed by atoms with Gasteiger partial charge < -0.3 is 14.8 Å². The van der Waals surface area contributed by atoms with E-state index in [-0.39, 0.29) is 11.9 Å². The van der Waals surface area contributed by atoms with Crippen molar-refractivity contribution in [3.05, 3.63) is 82.0 Å². The minimum atomic E-state index is -0.243. The lowest BCUT2D eigenvalue weighted by Crippen LogP contribution is -2.38. The Hall–Kier alpha value is -2.83. The van der Waals surface area contributed by atoms with Crippen molar-refractivity contribution in [1.29, 1.82) is 0 Å². The number of carbonyl (C=O) groups excluding carboxylic acids is 1. The third kappa shape index (κ3) is 5.09. The number of nitrogens with one attached hydrogen (secondary N) is 1. The van der Waals surface area contributed by atoms with Crippen LogP contribution in [0, 0.1) is 0 Å². The maximum absolute atomic E-state index is 13.1. The number of carbonyl (C=O) groups is 1. The molecule has 1 aliphatic heterocycles. The minimum absolute atomic E-state index is 0.0279. The van der Waals surface area contributed by atoms with Crippen LogP contribution in [-0.4, -0.2) is 38.1 Å². The second-order valence-corrected chi connectivity index (χ2v) is 8.67. The predicted molar refractivity (Wildman–Crippen MR) is 124 cm³/mol. The number of ether oxygens (including phenoxy) is 2. The first-order valence-electron chi connectivity index (χ1n) is 10.5. The highest BCUT2D eigenvalue weighted by atomic mass is 32.1. The zero-order valence-electron chi connectivity index (χ0n) is 17.9. The molecule has 1 saturated heterocycles. The first-order chi connectivity index (χ1) is 15.2. The quantitative estimate of drug-likeness (QED) is 0.551. The molecule has 4 rings (SSSR count). The summed E-state index contributed by atoms with van der Waals surface area (Å²) < 4.78 is 10.6. The molecule has 1 fully saturated rings. The summed E-state index contributed by atoms with van der Waals surface area (Å²) in [6.07, 6.45) is 2.23. The molecular formula is C25H28N2O3S. The number of hydrogen-bond donors (Lipinski definition) is 1. The molecule has 6 heteroatoms. The molecule has 1 amide bonds. The Balaban J connectivity index is 1.52. The van der Waals surface area contributed by atoms with E-state index >= 15 is 0 Å². The van der Waals surface area contributed by atoms with Gasteiger partial charge in [0.15, 0.2) is 0 Å². The molecule has 0 bridgehead atoms. The number of rotatable bonds is 8. The number of thiophene rings is 1. The summed E-state index contributed by atoms with van der Waals surface area (Å²) in [6, 6.07) is 20.0. The predicted octanol–water partition coefficient (Wildman–Crippen LogP) is 4.81. The molecule has 1 aliphatic rings. The van der Waals surface area contributed by atoms with E-state index in [1.54, 1.807) is 25.6 Å². The molecular weight excluding hydrogens is 408 g/mol. The maximum Gasteiger partial charge on any atom is 0.234 e. The van der Waals surface area contributed by atoms with Crippen molar-refractivity contribution in [3.8, 4) is 11.5 Å². The fourth-order valence-electron chi connectivity index (χ4n) is 4.16. The van der Waals surface area contributed by atoms with E-state index in [4.69, 9.17) is 9.47 Å². The minimum Gasteiger partial charge on any atom is -0.497 e. The van der Waals surface area contributed by atoms with Gasteiger partial charge in [0.1, 0.15) is 11.5 Å². The summed E-state index contributed by atoms with van der Waals surface area (Å²) in [5, 5.41) is 5.36. The van der Waals surface area contributed by atoms with Gasteiger partial charge in [-0.15, -0.1) is 11.3 Å². The highest BCUT2D eigenvalue weighted by molar-refractivity contribution is 7.10. The van der Waals surface area contributed by atoms with Crippen LogP contribution in [0.5, 0.6) is 11.5 Å². The number of methoxy groups -OCH3 is 2. The standard InChI is InChI=1S/C25H28N2O3S/c1-29-20-11-7-18(8-12-20)25(19-9-13-21(30-2)14-10-19)26-24(28)17-27-15-3-5-22(27)23-6-4-16-31-23/h4,6-14,16,22,25H,3,5,15,17H2,1-2H3,(H,26,28)/t22-/m0/s1. The van der Waals surface area contributed by atoms with Crippen molar-refractivity contribution in [2.24, 2.45) is 0 Å². The first kappa shape index (κ1) is 21.4. The average molecular weight is 437 g/mol. The van der Waals surface area contributed by atoms with Gasteiger partial charge in [0, 0.05) is 10.9 Å². The van der Waals surface area contributed by atoms with E-state index in [2.05, 4.69) is 27.7 Å². The molecule has 2 heterocycles. The smallest absolute Gasteiger partial charge is 0.234 e. The number of likely N-dealkylation sites (tertiary alicyclic amines) is 1. The molecule has 5 nitrogen and oxygen atoms in total. The van der Waals surface area contributed by atoms with E-state index in [0.717, 1.165) is 42.0 Å². The number of nitrogens with zero attached hydrogens (tertiary/aromatic N) is 1. The van der Waals surface area contributed by atoms with Crippen LogP contribution in [0.2, 0.25) is 0 Å². The van der Waals surface area contributed by atoms with Gasteiger partial charge in [-0.25, -0.2) is 0 Å². The highest BCUT2D eigenvalue weighted by Crippen LogP contribution is 2.34. The Kier molecular flexibility index (Phi) is 6.89. The summed E-state index contributed by atoms with van der Waals surface area (Å²) in [7, 11) is 3.30. The van der Waals surface area contributed by atoms with Crippen LogP contribution < -0.4 is 14.8 Å². The Labute approximate surface area is 187 Å². The van der Waals surface area contributed by atoms with Crippen molar-refractivity contribution in [2.45, 2.75) is 24.9 Å². The molecule has 31 heavy (non-hydrogen) atoms. The Bertz CT molecular complexity index is 924. The van der Waals surface area contributed by atoms with Crippen LogP contribution in [0.3, 0.4) is 0 Å². The van der Waals surface area contributed by atoms with E-state index in [1.807, 2.05) is 48.5 Å². The fourth-order valence-corrected chi connectivity index (χ4v) is 5.06. The van der Waals surface area contributed by atoms with Crippen molar-refractivity contribution in [1.82, 2.24) is 10.2 Å². The van der Waals surface area contributed by atoms with E-state index in [0.29, 0.717) is 12.6 Å².